The molecule has 0 bridgehead atoms. The third-order valence-electron chi connectivity index (χ3n) is 3.49. The monoisotopic (exact) mass is 313 g/mol. The van der Waals surface area contributed by atoms with Crippen molar-refractivity contribution in [3.8, 4) is 5.75 Å². The van der Waals surface area contributed by atoms with Crippen molar-refractivity contribution in [2.24, 2.45) is 11.8 Å². The largest absolute Gasteiger partial charge is 0.494 e. The second-order valence-electron chi connectivity index (χ2n) is 5.08. The van der Waals surface area contributed by atoms with Crippen LogP contribution in [0.3, 0.4) is 0 Å². The molecule has 0 fully saturated rings. The lowest BCUT2D eigenvalue weighted by molar-refractivity contribution is 0.217. The third kappa shape index (κ3) is 4.99. The molecule has 0 aliphatic carbocycles. The van der Waals surface area contributed by atoms with Crippen LogP contribution in [0, 0.1) is 11.8 Å². The number of halogens is 1. The molecule has 1 aromatic rings. The normalized spacial score (nSPS) is 14.6. The van der Waals surface area contributed by atoms with Crippen LogP contribution in [0.1, 0.15) is 27.2 Å². The number of hydrogen-bond acceptors (Lipinski definition) is 2. The van der Waals surface area contributed by atoms with Gasteiger partial charge in [0.1, 0.15) is 5.75 Å². The second-order valence-corrected chi connectivity index (χ2v) is 5.99. The lowest BCUT2D eigenvalue weighted by atomic mass is 9.87. The van der Waals surface area contributed by atoms with Crippen LogP contribution in [0.5, 0.6) is 5.75 Å². The van der Waals surface area contributed by atoms with E-state index < -0.39 is 0 Å². The SMILES string of the molecule is CNC(C)C(CCOc1ccc(Br)cc1)C(C)C. The molecule has 1 N–H and O–H groups in total. The van der Waals surface area contributed by atoms with Gasteiger partial charge in [0.05, 0.1) is 6.61 Å². The third-order valence-corrected chi connectivity index (χ3v) is 4.02. The fraction of sp³-hybridized carbons (Fsp3) is 0.600. The first-order valence-corrected chi connectivity index (χ1v) is 7.39. The molecule has 1 rings (SSSR count). The maximum atomic E-state index is 5.79. The van der Waals surface area contributed by atoms with Gasteiger partial charge >= 0.3 is 0 Å². The summed E-state index contributed by atoms with van der Waals surface area (Å²) in [5.41, 5.74) is 0. The van der Waals surface area contributed by atoms with Crippen LogP contribution in [-0.2, 0) is 0 Å². The van der Waals surface area contributed by atoms with Gasteiger partial charge in [-0.15, -0.1) is 0 Å². The van der Waals surface area contributed by atoms with Crippen molar-refractivity contribution in [3.63, 3.8) is 0 Å². The Balaban J connectivity index is 2.41. The summed E-state index contributed by atoms with van der Waals surface area (Å²) in [4.78, 5) is 0. The molecule has 0 aliphatic rings. The van der Waals surface area contributed by atoms with Crippen LogP contribution in [0.2, 0.25) is 0 Å². The zero-order valence-electron chi connectivity index (χ0n) is 11.7. The average Bonchev–Trinajstić information content (AvgIpc) is 2.35. The summed E-state index contributed by atoms with van der Waals surface area (Å²) in [6, 6.07) is 8.53. The van der Waals surface area contributed by atoms with Crippen LogP contribution in [0.25, 0.3) is 0 Å². The summed E-state index contributed by atoms with van der Waals surface area (Å²) in [6.07, 6.45) is 1.08. The van der Waals surface area contributed by atoms with Crippen molar-refractivity contribution in [1.29, 1.82) is 0 Å². The highest BCUT2D eigenvalue weighted by Crippen LogP contribution is 2.21. The summed E-state index contributed by atoms with van der Waals surface area (Å²) in [6.45, 7) is 7.57. The number of ether oxygens (including phenoxy) is 1. The molecular formula is C15H24BrNO. The van der Waals surface area contributed by atoms with E-state index in [0.717, 1.165) is 23.2 Å². The summed E-state index contributed by atoms with van der Waals surface area (Å²) >= 11 is 3.42. The molecule has 102 valence electrons. The molecule has 0 heterocycles. The molecule has 0 aliphatic heterocycles. The average molecular weight is 314 g/mol. The van der Waals surface area contributed by atoms with Crippen molar-refractivity contribution in [2.45, 2.75) is 33.2 Å². The Morgan fingerprint density at radius 2 is 1.78 bits per heavy atom. The minimum atomic E-state index is 0.526. The fourth-order valence-corrected chi connectivity index (χ4v) is 2.48. The van der Waals surface area contributed by atoms with Gasteiger partial charge in [0.2, 0.25) is 0 Å². The highest BCUT2D eigenvalue weighted by Gasteiger charge is 2.19. The second kappa shape index (κ2) is 7.80. The van der Waals surface area contributed by atoms with Crippen molar-refractivity contribution in [1.82, 2.24) is 5.32 Å². The Morgan fingerprint density at radius 1 is 1.17 bits per heavy atom. The van der Waals surface area contributed by atoms with Gasteiger partial charge in [0.15, 0.2) is 0 Å². The van der Waals surface area contributed by atoms with Crippen molar-refractivity contribution in [3.05, 3.63) is 28.7 Å². The van der Waals surface area contributed by atoms with Gasteiger partial charge in [-0.05, 0) is 56.5 Å². The maximum absolute atomic E-state index is 5.79. The van der Waals surface area contributed by atoms with E-state index in [4.69, 9.17) is 4.74 Å². The van der Waals surface area contributed by atoms with Crippen LogP contribution >= 0.6 is 15.9 Å². The topological polar surface area (TPSA) is 21.3 Å². The maximum Gasteiger partial charge on any atom is 0.119 e. The van der Waals surface area contributed by atoms with Crippen LogP contribution < -0.4 is 10.1 Å². The van der Waals surface area contributed by atoms with Gasteiger partial charge in [-0.25, -0.2) is 0 Å². The van der Waals surface area contributed by atoms with Crippen molar-refractivity contribution in [2.75, 3.05) is 13.7 Å². The smallest absolute Gasteiger partial charge is 0.119 e. The molecule has 0 saturated heterocycles. The number of rotatable bonds is 7. The lowest BCUT2D eigenvalue weighted by Crippen LogP contribution is -2.34. The Labute approximate surface area is 119 Å². The molecule has 18 heavy (non-hydrogen) atoms. The zero-order chi connectivity index (χ0) is 13.5. The van der Waals surface area contributed by atoms with Crippen molar-refractivity contribution >= 4 is 15.9 Å². The summed E-state index contributed by atoms with van der Waals surface area (Å²) in [5.74, 6) is 2.25. The van der Waals surface area contributed by atoms with E-state index in [1.165, 1.54) is 0 Å². The standard InChI is InChI=1S/C15H24BrNO/c1-11(2)15(12(3)17-4)9-10-18-14-7-5-13(16)6-8-14/h5-8,11-12,15,17H,9-10H2,1-4H3. The predicted molar refractivity (Wildman–Crippen MR) is 81.1 cm³/mol. The zero-order valence-corrected chi connectivity index (χ0v) is 13.3. The van der Waals surface area contributed by atoms with E-state index in [-0.39, 0.29) is 0 Å². The molecule has 3 heteroatoms. The van der Waals surface area contributed by atoms with Crippen LogP contribution in [0.4, 0.5) is 0 Å². The Morgan fingerprint density at radius 3 is 2.28 bits per heavy atom. The number of benzene rings is 1. The predicted octanol–water partition coefficient (Wildman–Crippen LogP) is 4.10. The lowest BCUT2D eigenvalue weighted by Gasteiger charge is -2.27. The number of nitrogens with one attached hydrogen (secondary N) is 1. The summed E-state index contributed by atoms with van der Waals surface area (Å²) in [5, 5.41) is 3.34. The molecule has 0 spiro atoms. The van der Waals surface area contributed by atoms with Crippen LogP contribution in [0.15, 0.2) is 28.7 Å². The fourth-order valence-electron chi connectivity index (χ4n) is 2.22. The minimum absolute atomic E-state index is 0.526. The Kier molecular flexibility index (Phi) is 6.72. The summed E-state index contributed by atoms with van der Waals surface area (Å²) in [7, 11) is 2.02. The minimum Gasteiger partial charge on any atom is -0.494 e. The van der Waals surface area contributed by atoms with Gasteiger partial charge in [-0.2, -0.15) is 0 Å². The molecule has 2 atom stereocenters. The van der Waals surface area contributed by atoms with E-state index in [9.17, 15) is 0 Å². The van der Waals surface area contributed by atoms with Gasteiger partial charge in [-0.1, -0.05) is 29.8 Å². The van der Waals surface area contributed by atoms with Gasteiger partial charge in [0, 0.05) is 10.5 Å². The quantitative estimate of drug-likeness (QED) is 0.818. The molecule has 2 unspecified atom stereocenters. The molecule has 0 radical (unpaired) electrons. The van der Waals surface area contributed by atoms with E-state index in [1.54, 1.807) is 0 Å². The van der Waals surface area contributed by atoms with E-state index in [0.29, 0.717) is 17.9 Å². The molecule has 0 amide bonds. The van der Waals surface area contributed by atoms with E-state index in [2.05, 4.69) is 42.0 Å². The first-order valence-electron chi connectivity index (χ1n) is 6.60. The molecular weight excluding hydrogens is 290 g/mol. The Bertz CT molecular complexity index is 337. The molecule has 1 aromatic carbocycles. The Hall–Kier alpha value is -0.540. The molecule has 2 nitrogen and oxygen atoms in total. The van der Waals surface area contributed by atoms with Gasteiger partial charge in [0.25, 0.3) is 0 Å². The van der Waals surface area contributed by atoms with Crippen LogP contribution in [-0.4, -0.2) is 19.7 Å². The summed E-state index contributed by atoms with van der Waals surface area (Å²) < 4.78 is 6.87. The molecule has 0 saturated carbocycles. The first kappa shape index (κ1) is 15.5. The highest BCUT2D eigenvalue weighted by atomic mass is 79.9. The highest BCUT2D eigenvalue weighted by molar-refractivity contribution is 9.10. The van der Waals surface area contributed by atoms with Gasteiger partial charge in [-0.3, -0.25) is 0 Å². The van der Waals surface area contributed by atoms with Crippen molar-refractivity contribution < 1.29 is 4.74 Å². The van der Waals surface area contributed by atoms with Gasteiger partial charge < -0.3 is 10.1 Å². The number of hydrogen-bond donors (Lipinski definition) is 1. The van der Waals surface area contributed by atoms with E-state index >= 15 is 0 Å². The molecule has 0 aromatic heterocycles. The van der Waals surface area contributed by atoms with E-state index in [1.807, 2.05) is 31.3 Å². The first-order chi connectivity index (χ1) is 8.54.